The first kappa shape index (κ1) is 12.4. The van der Waals surface area contributed by atoms with E-state index >= 15 is 0 Å². The summed E-state index contributed by atoms with van der Waals surface area (Å²) in [6.07, 6.45) is 2.18. The number of benzene rings is 1. The third kappa shape index (κ3) is 2.78. The Bertz CT molecular complexity index is 417. The highest BCUT2D eigenvalue weighted by Gasteiger charge is 2.41. The summed E-state index contributed by atoms with van der Waals surface area (Å²) in [5.41, 5.74) is -0.451. The highest BCUT2D eigenvalue weighted by atomic mass is 19.1. The summed E-state index contributed by atoms with van der Waals surface area (Å²) in [7, 11) is 1.59. The van der Waals surface area contributed by atoms with Gasteiger partial charge in [0.05, 0.1) is 12.7 Å². The number of alkyl halides is 1. The molecule has 0 aromatic heterocycles. The van der Waals surface area contributed by atoms with E-state index in [4.69, 9.17) is 4.74 Å². The lowest BCUT2D eigenvalue weighted by Gasteiger charge is -2.18. The molecule has 0 bridgehead atoms. The molecule has 1 aromatic carbocycles. The van der Waals surface area contributed by atoms with Crippen molar-refractivity contribution in [3.05, 3.63) is 29.3 Å². The number of aliphatic hydroxyl groups is 1. The smallest absolute Gasteiger partial charge is 0.130 e. The Balaban J connectivity index is 2.32. The van der Waals surface area contributed by atoms with E-state index < -0.39 is 11.3 Å². The molecule has 0 amide bonds. The first-order chi connectivity index (χ1) is 7.84. The van der Waals surface area contributed by atoms with Gasteiger partial charge >= 0.3 is 0 Å². The molecule has 2 rings (SSSR count). The van der Waals surface area contributed by atoms with E-state index in [1.807, 2.05) is 0 Å². The van der Waals surface area contributed by atoms with Gasteiger partial charge in [0.2, 0.25) is 0 Å². The maximum Gasteiger partial charge on any atom is 0.130 e. The number of rotatable bonds is 4. The topological polar surface area (TPSA) is 29.5 Å². The summed E-state index contributed by atoms with van der Waals surface area (Å²) < 4.78 is 19.1. The molecule has 1 N–H and O–H groups in total. The molecule has 2 nitrogen and oxygen atoms in total. The van der Waals surface area contributed by atoms with Gasteiger partial charge in [0.25, 0.3) is 0 Å². The normalized spacial score (nSPS) is 17.9. The van der Waals surface area contributed by atoms with Crippen LogP contribution in [0.1, 0.15) is 37.8 Å². The van der Waals surface area contributed by atoms with Gasteiger partial charge in [-0.05, 0) is 49.9 Å². The van der Waals surface area contributed by atoms with Crippen LogP contribution in [0.15, 0.2) is 18.2 Å². The van der Waals surface area contributed by atoms with E-state index in [1.165, 1.54) is 13.8 Å². The minimum absolute atomic E-state index is 0.542. The van der Waals surface area contributed by atoms with E-state index in [0.717, 1.165) is 24.2 Å². The van der Waals surface area contributed by atoms with E-state index in [1.54, 1.807) is 25.3 Å². The van der Waals surface area contributed by atoms with Gasteiger partial charge in [-0.2, -0.15) is 0 Å². The molecule has 1 fully saturated rings. The molecule has 1 saturated carbocycles. The van der Waals surface area contributed by atoms with Crippen LogP contribution >= 0.6 is 0 Å². The number of methoxy groups -OCH3 is 1. The molecule has 1 aliphatic rings. The molecule has 0 unspecified atom stereocenters. The first-order valence-electron chi connectivity index (χ1n) is 5.93. The molecule has 94 valence electrons. The molecule has 0 aliphatic heterocycles. The van der Waals surface area contributed by atoms with Crippen LogP contribution in [-0.2, 0) is 12.1 Å². The van der Waals surface area contributed by atoms with E-state index in [2.05, 4.69) is 0 Å². The fraction of sp³-hybridized carbons (Fsp3) is 0.571. The summed E-state index contributed by atoms with van der Waals surface area (Å²) in [6, 6.07) is 5.31. The third-order valence-electron chi connectivity index (χ3n) is 3.31. The molecule has 0 saturated heterocycles. The molecule has 0 atom stereocenters. The minimum Gasteiger partial charge on any atom is -0.496 e. The maximum absolute atomic E-state index is 13.9. The summed E-state index contributed by atoms with van der Waals surface area (Å²) in [6.45, 7) is 3.06. The third-order valence-corrected chi connectivity index (χ3v) is 3.31. The standard InChI is InChI=1S/C14H19FO2/c1-13(2,15)11-4-5-12(17-3)10(8-11)9-14(16)6-7-14/h4-5,8,16H,6-7,9H2,1-3H3. The maximum atomic E-state index is 13.9. The van der Waals surface area contributed by atoms with Gasteiger partial charge in [-0.1, -0.05) is 6.07 Å². The van der Waals surface area contributed by atoms with Crippen molar-refractivity contribution >= 4 is 0 Å². The number of hydrogen-bond acceptors (Lipinski definition) is 2. The van der Waals surface area contributed by atoms with Crippen LogP contribution in [-0.4, -0.2) is 17.8 Å². The van der Waals surface area contributed by atoms with Crippen molar-refractivity contribution in [1.82, 2.24) is 0 Å². The molecule has 1 aliphatic carbocycles. The summed E-state index contributed by atoms with van der Waals surface area (Å²) in [4.78, 5) is 0. The van der Waals surface area contributed by atoms with E-state index in [9.17, 15) is 9.50 Å². The summed E-state index contributed by atoms with van der Waals surface area (Å²) in [5, 5.41) is 9.95. The lowest BCUT2D eigenvalue weighted by molar-refractivity contribution is 0.149. The second-order valence-electron chi connectivity index (χ2n) is 5.40. The lowest BCUT2D eigenvalue weighted by Crippen LogP contribution is -2.14. The van der Waals surface area contributed by atoms with E-state index in [0.29, 0.717) is 12.0 Å². The van der Waals surface area contributed by atoms with Crippen LogP contribution in [0, 0.1) is 0 Å². The van der Waals surface area contributed by atoms with Crippen molar-refractivity contribution in [3.8, 4) is 5.75 Å². The van der Waals surface area contributed by atoms with Crippen LogP contribution < -0.4 is 4.74 Å². The Kier molecular flexibility index (Phi) is 2.90. The number of ether oxygens (including phenoxy) is 1. The second-order valence-corrected chi connectivity index (χ2v) is 5.40. The predicted octanol–water partition coefficient (Wildman–Crippen LogP) is 2.97. The second kappa shape index (κ2) is 3.98. The van der Waals surface area contributed by atoms with Gasteiger partial charge in [0, 0.05) is 6.42 Å². The van der Waals surface area contributed by atoms with Gasteiger partial charge < -0.3 is 9.84 Å². The van der Waals surface area contributed by atoms with Crippen molar-refractivity contribution in [2.75, 3.05) is 7.11 Å². The van der Waals surface area contributed by atoms with Gasteiger partial charge in [0.15, 0.2) is 0 Å². The number of halogens is 1. The molecule has 0 heterocycles. The molecule has 1 aromatic rings. The molecule has 0 radical (unpaired) electrons. The van der Waals surface area contributed by atoms with Crippen LogP contribution in [0.4, 0.5) is 4.39 Å². The predicted molar refractivity (Wildman–Crippen MR) is 65.0 cm³/mol. The highest BCUT2D eigenvalue weighted by Crippen LogP contribution is 2.41. The average Bonchev–Trinajstić information content (AvgIpc) is 2.94. The molecule has 17 heavy (non-hydrogen) atoms. The van der Waals surface area contributed by atoms with Gasteiger partial charge in [-0.3, -0.25) is 0 Å². The van der Waals surface area contributed by atoms with Crippen LogP contribution in [0.5, 0.6) is 5.75 Å². The van der Waals surface area contributed by atoms with Crippen LogP contribution in [0.3, 0.4) is 0 Å². The van der Waals surface area contributed by atoms with Crippen molar-refractivity contribution in [2.45, 2.75) is 44.4 Å². The monoisotopic (exact) mass is 238 g/mol. The zero-order valence-electron chi connectivity index (χ0n) is 10.6. The largest absolute Gasteiger partial charge is 0.496 e. The SMILES string of the molecule is COc1ccc(C(C)(C)F)cc1CC1(O)CC1. The highest BCUT2D eigenvalue weighted by molar-refractivity contribution is 5.40. The van der Waals surface area contributed by atoms with Crippen molar-refractivity contribution < 1.29 is 14.2 Å². The fourth-order valence-electron chi connectivity index (χ4n) is 1.96. The first-order valence-corrected chi connectivity index (χ1v) is 5.93. The van der Waals surface area contributed by atoms with Gasteiger partial charge in [-0.15, -0.1) is 0 Å². The van der Waals surface area contributed by atoms with Gasteiger partial charge in [-0.25, -0.2) is 4.39 Å². The average molecular weight is 238 g/mol. The van der Waals surface area contributed by atoms with Crippen LogP contribution in [0.25, 0.3) is 0 Å². The lowest BCUT2D eigenvalue weighted by atomic mass is 9.95. The molecular formula is C14H19FO2. The van der Waals surface area contributed by atoms with Crippen LogP contribution in [0.2, 0.25) is 0 Å². The summed E-state index contributed by atoms with van der Waals surface area (Å²) >= 11 is 0. The van der Waals surface area contributed by atoms with Crippen molar-refractivity contribution in [3.63, 3.8) is 0 Å². The Hall–Kier alpha value is -1.09. The quantitative estimate of drug-likeness (QED) is 0.873. The van der Waals surface area contributed by atoms with Crippen molar-refractivity contribution in [1.29, 1.82) is 0 Å². The number of hydrogen-bond donors (Lipinski definition) is 1. The van der Waals surface area contributed by atoms with Crippen molar-refractivity contribution in [2.24, 2.45) is 0 Å². The summed E-state index contributed by atoms with van der Waals surface area (Å²) in [5.74, 6) is 0.721. The van der Waals surface area contributed by atoms with E-state index in [-0.39, 0.29) is 0 Å². The molecule has 3 heteroatoms. The Morgan fingerprint density at radius 2 is 2.06 bits per heavy atom. The fourth-order valence-corrected chi connectivity index (χ4v) is 1.96. The Morgan fingerprint density at radius 3 is 2.53 bits per heavy atom. The molecule has 0 spiro atoms. The Labute approximate surface area is 101 Å². The zero-order chi connectivity index (χ0) is 12.7. The minimum atomic E-state index is -1.37. The molecular weight excluding hydrogens is 219 g/mol. The van der Waals surface area contributed by atoms with Gasteiger partial charge in [0.1, 0.15) is 11.4 Å². The zero-order valence-corrected chi connectivity index (χ0v) is 10.6. The Morgan fingerprint density at radius 1 is 1.41 bits per heavy atom.